The first-order valence-electron chi connectivity index (χ1n) is 5.82. The number of hydrogen-bond donors (Lipinski definition) is 0. The van der Waals surface area contributed by atoms with Crippen molar-refractivity contribution in [3.05, 3.63) is 34.0 Å². The third-order valence-electron chi connectivity index (χ3n) is 2.71. The molecule has 19 heavy (non-hydrogen) atoms. The molecule has 0 fully saturated rings. The number of ether oxygens (including phenoxy) is 1. The van der Waals surface area contributed by atoms with Crippen LogP contribution in [0, 0.1) is 10.1 Å². The lowest BCUT2D eigenvalue weighted by molar-refractivity contribution is -0.383. The molecule has 0 aliphatic carbocycles. The van der Waals surface area contributed by atoms with Gasteiger partial charge in [-0.05, 0) is 12.5 Å². The zero-order valence-corrected chi connectivity index (χ0v) is 10.6. The molecule has 2 aromatic rings. The molecular formula is C12H13N3O4. The van der Waals surface area contributed by atoms with Gasteiger partial charge >= 0.3 is 5.97 Å². The lowest BCUT2D eigenvalue weighted by atomic mass is 10.1. The zero-order chi connectivity index (χ0) is 14.0. The Bertz CT molecular complexity index is 648. The first-order valence-corrected chi connectivity index (χ1v) is 5.82. The van der Waals surface area contributed by atoms with Crippen LogP contribution in [0.1, 0.15) is 23.7 Å². The second-order valence-corrected chi connectivity index (χ2v) is 4.09. The Balaban J connectivity index is 2.54. The van der Waals surface area contributed by atoms with Gasteiger partial charge in [0.2, 0.25) is 0 Å². The third-order valence-corrected chi connectivity index (χ3v) is 2.71. The number of nitro benzene ring substituents is 1. The van der Waals surface area contributed by atoms with E-state index in [9.17, 15) is 14.9 Å². The van der Waals surface area contributed by atoms with E-state index in [1.807, 2.05) is 6.92 Å². The van der Waals surface area contributed by atoms with Crippen molar-refractivity contribution in [2.45, 2.75) is 13.3 Å². The quantitative estimate of drug-likeness (QED) is 0.478. The van der Waals surface area contributed by atoms with Crippen LogP contribution in [0.5, 0.6) is 0 Å². The Morgan fingerprint density at radius 3 is 2.89 bits per heavy atom. The topological polar surface area (TPSA) is 87.3 Å². The maximum absolute atomic E-state index is 11.8. The van der Waals surface area contributed by atoms with Crippen molar-refractivity contribution in [1.82, 2.24) is 9.78 Å². The van der Waals surface area contributed by atoms with Gasteiger partial charge in [0.05, 0.1) is 34.2 Å². The average Bonchev–Trinajstić information content (AvgIpc) is 2.76. The summed E-state index contributed by atoms with van der Waals surface area (Å²) in [5, 5.41) is 15.4. The number of benzene rings is 1. The molecule has 0 N–H and O–H groups in total. The molecular weight excluding hydrogens is 250 g/mol. The number of rotatable bonds is 4. The van der Waals surface area contributed by atoms with Crippen molar-refractivity contribution in [2.75, 3.05) is 6.61 Å². The number of carbonyl (C=O) groups excluding carboxylic acids is 1. The Morgan fingerprint density at radius 2 is 2.26 bits per heavy atom. The molecule has 0 amide bonds. The van der Waals surface area contributed by atoms with Gasteiger partial charge in [0.25, 0.3) is 5.69 Å². The Hall–Kier alpha value is -2.44. The largest absolute Gasteiger partial charge is 0.462 e. The van der Waals surface area contributed by atoms with Crippen LogP contribution >= 0.6 is 0 Å². The monoisotopic (exact) mass is 263 g/mol. The van der Waals surface area contributed by atoms with E-state index < -0.39 is 10.9 Å². The first-order chi connectivity index (χ1) is 9.04. The summed E-state index contributed by atoms with van der Waals surface area (Å²) in [6.07, 6.45) is 2.11. The van der Waals surface area contributed by atoms with Crippen molar-refractivity contribution in [3.8, 4) is 0 Å². The molecule has 2 rings (SSSR count). The molecule has 0 aliphatic rings. The molecule has 7 heteroatoms. The number of nitro groups is 1. The standard InChI is InChI=1S/C12H13N3O4/c1-3-4-19-12(16)8-5-10-9(7-13-14(10)2)11(6-8)15(17)18/h5-7H,3-4H2,1-2H3. The SMILES string of the molecule is CCCOC(=O)c1cc([N+](=O)[O-])c2cnn(C)c2c1. The summed E-state index contributed by atoms with van der Waals surface area (Å²) in [7, 11) is 1.66. The number of carbonyl (C=O) groups is 1. The van der Waals surface area contributed by atoms with E-state index in [2.05, 4.69) is 5.10 Å². The van der Waals surface area contributed by atoms with Crippen molar-refractivity contribution in [3.63, 3.8) is 0 Å². The number of fused-ring (bicyclic) bond motifs is 1. The number of hydrogen-bond acceptors (Lipinski definition) is 5. The van der Waals surface area contributed by atoms with Crippen LogP contribution < -0.4 is 0 Å². The van der Waals surface area contributed by atoms with Gasteiger partial charge in [-0.3, -0.25) is 14.8 Å². The lowest BCUT2D eigenvalue weighted by Crippen LogP contribution is -2.07. The summed E-state index contributed by atoms with van der Waals surface area (Å²) in [6, 6.07) is 2.77. The molecule has 7 nitrogen and oxygen atoms in total. The fraction of sp³-hybridized carbons (Fsp3) is 0.333. The number of aryl methyl sites for hydroxylation is 1. The van der Waals surface area contributed by atoms with Crippen LogP contribution in [0.4, 0.5) is 5.69 Å². The zero-order valence-electron chi connectivity index (χ0n) is 10.6. The second-order valence-electron chi connectivity index (χ2n) is 4.09. The molecule has 0 saturated heterocycles. The molecule has 0 unspecified atom stereocenters. The van der Waals surface area contributed by atoms with Gasteiger partial charge in [-0.2, -0.15) is 5.10 Å². The molecule has 0 bridgehead atoms. The third kappa shape index (κ3) is 2.40. The van der Waals surface area contributed by atoms with Gasteiger partial charge in [0, 0.05) is 13.1 Å². The van der Waals surface area contributed by atoms with Gasteiger partial charge in [-0.1, -0.05) is 6.92 Å². The maximum Gasteiger partial charge on any atom is 0.338 e. The summed E-state index contributed by atoms with van der Waals surface area (Å²) in [5.74, 6) is -0.562. The van der Waals surface area contributed by atoms with Crippen LogP contribution in [-0.2, 0) is 11.8 Å². The molecule has 0 atom stereocenters. The van der Waals surface area contributed by atoms with E-state index >= 15 is 0 Å². The predicted octanol–water partition coefficient (Wildman–Crippen LogP) is 2.05. The Morgan fingerprint density at radius 1 is 1.53 bits per heavy atom. The van der Waals surface area contributed by atoms with E-state index in [0.29, 0.717) is 17.3 Å². The molecule has 0 aliphatic heterocycles. The minimum absolute atomic E-state index is 0.144. The summed E-state index contributed by atoms with van der Waals surface area (Å²) < 4.78 is 6.47. The highest BCUT2D eigenvalue weighted by Crippen LogP contribution is 2.27. The van der Waals surface area contributed by atoms with Gasteiger partial charge < -0.3 is 4.74 Å². The first kappa shape index (κ1) is 13.0. The number of esters is 1. The number of nitrogens with zero attached hydrogens (tertiary/aromatic N) is 3. The highest BCUT2D eigenvalue weighted by atomic mass is 16.6. The highest BCUT2D eigenvalue weighted by molar-refractivity contribution is 5.98. The van der Waals surface area contributed by atoms with Gasteiger partial charge in [0.15, 0.2) is 0 Å². The van der Waals surface area contributed by atoms with Crippen LogP contribution in [0.3, 0.4) is 0 Å². The fourth-order valence-electron chi connectivity index (χ4n) is 1.78. The summed E-state index contributed by atoms with van der Waals surface area (Å²) in [4.78, 5) is 22.3. The predicted molar refractivity (Wildman–Crippen MR) is 67.9 cm³/mol. The van der Waals surface area contributed by atoms with E-state index in [0.717, 1.165) is 0 Å². The van der Waals surface area contributed by atoms with Gasteiger partial charge in [0.1, 0.15) is 0 Å². The molecule has 100 valence electrons. The van der Waals surface area contributed by atoms with Crippen LogP contribution in [0.2, 0.25) is 0 Å². The van der Waals surface area contributed by atoms with E-state index in [4.69, 9.17) is 4.74 Å². The van der Waals surface area contributed by atoms with Gasteiger partial charge in [-0.25, -0.2) is 4.79 Å². The number of non-ortho nitro benzene ring substituents is 1. The Kier molecular flexibility index (Phi) is 3.46. The van der Waals surface area contributed by atoms with Crippen molar-refractivity contribution >= 4 is 22.6 Å². The summed E-state index contributed by atoms with van der Waals surface area (Å²) in [5.41, 5.74) is 0.544. The van der Waals surface area contributed by atoms with E-state index in [1.54, 1.807) is 13.1 Å². The smallest absolute Gasteiger partial charge is 0.338 e. The summed E-state index contributed by atoms with van der Waals surface area (Å²) >= 11 is 0. The summed E-state index contributed by atoms with van der Waals surface area (Å²) in [6.45, 7) is 2.16. The van der Waals surface area contributed by atoms with Crippen LogP contribution in [-0.4, -0.2) is 27.3 Å². The maximum atomic E-state index is 11.8. The average molecular weight is 263 g/mol. The van der Waals surface area contributed by atoms with Gasteiger partial charge in [-0.15, -0.1) is 0 Å². The van der Waals surface area contributed by atoms with Crippen molar-refractivity contribution < 1.29 is 14.5 Å². The molecule has 1 aromatic carbocycles. The van der Waals surface area contributed by atoms with Crippen LogP contribution in [0.25, 0.3) is 10.9 Å². The van der Waals surface area contributed by atoms with Crippen molar-refractivity contribution in [1.29, 1.82) is 0 Å². The second kappa shape index (κ2) is 5.05. The van der Waals surface area contributed by atoms with E-state index in [-0.39, 0.29) is 17.9 Å². The highest BCUT2D eigenvalue weighted by Gasteiger charge is 2.20. The lowest BCUT2D eigenvalue weighted by Gasteiger charge is -2.04. The Labute approximate surface area is 108 Å². The number of aromatic nitrogens is 2. The molecule has 0 saturated carbocycles. The van der Waals surface area contributed by atoms with Crippen molar-refractivity contribution in [2.24, 2.45) is 7.05 Å². The molecule has 0 spiro atoms. The fourth-order valence-corrected chi connectivity index (χ4v) is 1.78. The molecule has 0 radical (unpaired) electrons. The van der Waals surface area contributed by atoms with E-state index in [1.165, 1.54) is 16.9 Å². The normalized spacial score (nSPS) is 10.6. The molecule has 1 heterocycles. The minimum atomic E-state index is -0.562. The molecule has 1 aromatic heterocycles. The minimum Gasteiger partial charge on any atom is -0.462 e. The van der Waals surface area contributed by atoms with Crippen LogP contribution in [0.15, 0.2) is 18.3 Å².